The SMILES string of the molecule is CC(=O)N1C[C@H]2CN(c3ccncc3F)C[C@H]2[C@H]1c1ccccc1. The van der Waals surface area contributed by atoms with Crippen molar-refractivity contribution < 1.29 is 9.18 Å². The van der Waals surface area contributed by atoms with E-state index in [1.54, 1.807) is 19.2 Å². The van der Waals surface area contributed by atoms with E-state index >= 15 is 0 Å². The Morgan fingerprint density at radius 2 is 1.96 bits per heavy atom. The van der Waals surface area contributed by atoms with E-state index in [2.05, 4.69) is 22.0 Å². The molecule has 24 heavy (non-hydrogen) atoms. The fourth-order valence-corrected chi connectivity index (χ4v) is 4.27. The van der Waals surface area contributed by atoms with E-state index in [0.717, 1.165) is 25.2 Å². The van der Waals surface area contributed by atoms with E-state index in [4.69, 9.17) is 0 Å². The Hall–Kier alpha value is -2.43. The molecule has 124 valence electrons. The van der Waals surface area contributed by atoms with Gasteiger partial charge in [-0.1, -0.05) is 30.3 Å². The maximum absolute atomic E-state index is 14.1. The first kappa shape index (κ1) is 15.1. The van der Waals surface area contributed by atoms with Crippen LogP contribution in [0.25, 0.3) is 0 Å². The molecule has 3 heterocycles. The van der Waals surface area contributed by atoms with Crippen LogP contribution in [0.3, 0.4) is 0 Å². The number of hydrogen-bond acceptors (Lipinski definition) is 3. The first-order valence-electron chi connectivity index (χ1n) is 8.32. The number of hydrogen-bond donors (Lipinski definition) is 0. The number of aromatic nitrogens is 1. The third-order valence-corrected chi connectivity index (χ3v) is 5.30. The summed E-state index contributed by atoms with van der Waals surface area (Å²) in [7, 11) is 0. The molecular formula is C19H20FN3O. The molecule has 0 bridgehead atoms. The van der Waals surface area contributed by atoms with Crippen molar-refractivity contribution in [2.24, 2.45) is 11.8 Å². The quantitative estimate of drug-likeness (QED) is 0.852. The average molecular weight is 325 g/mol. The van der Waals surface area contributed by atoms with Gasteiger partial charge in [-0.05, 0) is 11.6 Å². The smallest absolute Gasteiger partial charge is 0.219 e. The van der Waals surface area contributed by atoms with Gasteiger partial charge < -0.3 is 9.80 Å². The molecule has 3 atom stereocenters. The van der Waals surface area contributed by atoms with Gasteiger partial charge in [0.2, 0.25) is 5.91 Å². The summed E-state index contributed by atoms with van der Waals surface area (Å²) >= 11 is 0. The van der Waals surface area contributed by atoms with Crippen LogP contribution in [0.2, 0.25) is 0 Å². The van der Waals surface area contributed by atoms with Gasteiger partial charge in [-0.15, -0.1) is 0 Å². The summed E-state index contributed by atoms with van der Waals surface area (Å²) in [6.07, 6.45) is 2.89. The van der Waals surface area contributed by atoms with Crippen molar-refractivity contribution in [1.82, 2.24) is 9.88 Å². The Morgan fingerprint density at radius 1 is 1.17 bits per heavy atom. The maximum Gasteiger partial charge on any atom is 0.219 e. The van der Waals surface area contributed by atoms with E-state index in [-0.39, 0.29) is 17.8 Å². The normalized spacial score (nSPS) is 25.8. The predicted molar refractivity (Wildman–Crippen MR) is 90.0 cm³/mol. The lowest BCUT2D eigenvalue weighted by atomic mass is 9.89. The zero-order valence-corrected chi connectivity index (χ0v) is 13.6. The van der Waals surface area contributed by atoms with Crippen LogP contribution in [0.5, 0.6) is 0 Å². The summed E-state index contributed by atoms with van der Waals surface area (Å²) in [6, 6.07) is 12.0. The summed E-state index contributed by atoms with van der Waals surface area (Å²) in [5.41, 5.74) is 1.78. The van der Waals surface area contributed by atoms with E-state index in [1.807, 2.05) is 23.1 Å². The molecule has 0 radical (unpaired) electrons. The molecule has 4 rings (SSSR count). The van der Waals surface area contributed by atoms with Crippen LogP contribution >= 0.6 is 0 Å². The molecule has 1 aromatic heterocycles. The molecule has 2 aliphatic rings. The van der Waals surface area contributed by atoms with Crippen molar-refractivity contribution in [2.45, 2.75) is 13.0 Å². The summed E-state index contributed by atoms with van der Waals surface area (Å²) in [5, 5.41) is 0. The van der Waals surface area contributed by atoms with Gasteiger partial charge in [0.1, 0.15) is 0 Å². The molecule has 2 saturated heterocycles. The Kier molecular flexibility index (Phi) is 3.71. The van der Waals surface area contributed by atoms with Crippen molar-refractivity contribution in [1.29, 1.82) is 0 Å². The number of fused-ring (bicyclic) bond motifs is 1. The number of amides is 1. The van der Waals surface area contributed by atoms with Crippen LogP contribution in [0.1, 0.15) is 18.5 Å². The zero-order chi connectivity index (χ0) is 16.7. The van der Waals surface area contributed by atoms with E-state index in [9.17, 15) is 9.18 Å². The predicted octanol–water partition coefficient (Wildman–Crippen LogP) is 2.88. The largest absolute Gasteiger partial charge is 0.368 e. The average Bonchev–Trinajstić information content (AvgIpc) is 3.13. The molecule has 2 fully saturated rings. The third-order valence-electron chi connectivity index (χ3n) is 5.30. The van der Waals surface area contributed by atoms with Crippen LogP contribution in [0.15, 0.2) is 48.8 Å². The number of halogens is 1. The van der Waals surface area contributed by atoms with Crippen LogP contribution < -0.4 is 4.90 Å². The highest BCUT2D eigenvalue weighted by molar-refractivity contribution is 5.74. The van der Waals surface area contributed by atoms with Crippen LogP contribution in [-0.2, 0) is 4.79 Å². The summed E-state index contributed by atoms with van der Waals surface area (Å²) in [5.74, 6) is 0.521. The third kappa shape index (κ3) is 2.44. The van der Waals surface area contributed by atoms with Crippen LogP contribution in [0, 0.1) is 17.7 Å². The number of carbonyl (C=O) groups excluding carboxylic acids is 1. The minimum absolute atomic E-state index is 0.0728. The molecule has 1 aromatic carbocycles. The van der Waals surface area contributed by atoms with E-state index in [1.165, 1.54) is 6.20 Å². The van der Waals surface area contributed by atoms with Crippen molar-refractivity contribution in [3.05, 3.63) is 60.2 Å². The van der Waals surface area contributed by atoms with Gasteiger partial charge in [-0.3, -0.25) is 9.78 Å². The summed E-state index contributed by atoms with van der Waals surface area (Å²) in [4.78, 5) is 20.0. The number of benzene rings is 1. The van der Waals surface area contributed by atoms with Crippen molar-refractivity contribution in [3.63, 3.8) is 0 Å². The number of likely N-dealkylation sites (tertiary alicyclic amines) is 1. The lowest BCUT2D eigenvalue weighted by molar-refractivity contribution is -0.130. The number of pyridine rings is 1. The van der Waals surface area contributed by atoms with Gasteiger partial charge >= 0.3 is 0 Å². The molecule has 0 unspecified atom stereocenters. The first-order chi connectivity index (χ1) is 11.6. The number of carbonyl (C=O) groups is 1. The lowest BCUT2D eigenvalue weighted by Crippen LogP contribution is -2.34. The van der Waals surface area contributed by atoms with E-state index < -0.39 is 0 Å². The minimum atomic E-state index is -0.280. The topological polar surface area (TPSA) is 36.4 Å². The Bertz CT molecular complexity index is 751. The van der Waals surface area contributed by atoms with Gasteiger partial charge in [0.15, 0.2) is 5.82 Å². The Labute approximate surface area is 140 Å². The second-order valence-electron chi connectivity index (χ2n) is 6.68. The molecule has 2 aliphatic heterocycles. The molecule has 2 aromatic rings. The van der Waals surface area contributed by atoms with Crippen molar-refractivity contribution in [2.75, 3.05) is 24.5 Å². The maximum atomic E-state index is 14.1. The van der Waals surface area contributed by atoms with Gasteiger partial charge in [0.05, 0.1) is 17.9 Å². The molecule has 0 aliphatic carbocycles. The zero-order valence-electron chi connectivity index (χ0n) is 13.6. The standard InChI is InChI=1S/C19H20FN3O/c1-13(24)23-11-15-10-22(18-7-8-21-9-17(18)20)12-16(15)19(23)14-5-3-2-4-6-14/h2-9,15-16,19H,10-12H2,1H3/t15-,16-,19-/m1/s1. The monoisotopic (exact) mass is 325 g/mol. The molecule has 0 saturated carbocycles. The highest BCUT2D eigenvalue weighted by atomic mass is 19.1. The number of anilines is 1. The summed E-state index contributed by atoms with van der Waals surface area (Å²) in [6.45, 7) is 3.91. The highest BCUT2D eigenvalue weighted by Gasteiger charge is 2.48. The fraction of sp³-hybridized carbons (Fsp3) is 0.368. The lowest BCUT2D eigenvalue weighted by Gasteiger charge is -2.29. The van der Waals surface area contributed by atoms with Crippen molar-refractivity contribution in [3.8, 4) is 0 Å². The molecule has 4 nitrogen and oxygen atoms in total. The summed E-state index contributed by atoms with van der Waals surface area (Å²) < 4.78 is 14.1. The minimum Gasteiger partial charge on any atom is -0.368 e. The molecule has 5 heteroatoms. The molecule has 0 N–H and O–H groups in total. The first-order valence-corrected chi connectivity index (χ1v) is 8.32. The van der Waals surface area contributed by atoms with Gasteiger partial charge in [-0.25, -0.2) is 4.39 Å². The van der Waals surface area contributed by atoms with Crippen LogP contribution in [0.4, 0.5) is 10.1 Å². The van der Waals surface area contributed by atoms with Crippen LogP contribution in [-0.4, -0.2) is 35.4 Å². The second kappa shape index (κ2) is 5.89. The Morgan fingerprint density at radius 3 is 2.67 bits per heavy atom. The van der Waals surface area contributed by atoms with E-state index in [0.29, 0.717) is 17.5 Å². The second-order valence-corrected chi connectivity index (χ2v) is 6.68. The molecule has 0 spiro atoms. The van der Waals surface area contributed by atoms with Crippen molar-refractivity contribution >= 4 is 11.6 Å². The van der Waals surface area contributed by atoms with Gasteiger partial charge in [0, 0.05) is 44.6 Å². The Balaban J connectivity index is 1.64. The van der Waals surface area contributed by atoms with Gasteiger partial charge in [0.25, 0.3) is 0 Å². The molecular weight excluding hydrogens is 305 g/mol. The molecule has 1 amide bonds. The van der Waals surface area contributed by atoms with Gasteiger partial charge in [-0.2, -0.15) is 0 Å². The number of rotatable bonds is 2. The number of nitrogens with zero attached hydrogens (tertiary/aromatic N) is 3. The highest BCUT2D eigenvalue weighted by Crippen LogP contribution is 2.46. The fourth-order valence-electron chi connectivity index (χ4n) is 4.27.